The average molecular weight is 521 g/mol. The number of nitrogens with one attached hydrogen (secondary N) is 1. The highest BCUT2D eigenvalue weighted by atomic mass is 32.2. The molecule has 13 nitrogen and oxygen atoms in total. The SMILES string of the molecule is CCON=C(C(=O)NC1C(=O)N2C(C(=O)O)=C(C[n+]3ccc(OC)cc3)CS[C@@H]12)c1nsc(N)n1. The first-order chi connectivity index (χ1) is 16.8. The lowest BCUT2D eigenvalue weighted by atomic mass is 10.0. The maximum Gasteiger partial charge on any atom is 0.352 e. The number of nitrogen functional groups attached to an aromatic ring is 1. The predicted octanol–water partition coefficient (Wildman–Crippen LogP) is -0.404. The number of methoxy groups -OCH3 is 1. The third-order valence-corrected chi connectivity index (χ3v) is 7.04. The van der Waals surface area contributed by atoms with Crippen LogP contribution < -0.4 is 20.4 Å². The maximum atomic E-state index is 13.0. The van der Waals surface area contributed by atoms with Gasteiger partial charge < -0.3 is 25.7 Å². The number of carboxylic acid groups (broad SMARTS) is 1. The van der Waals surface area contributed by atoms with Crippen LogP contribution in [0, 0.1) is 0 Å². The molecule has 15 heteroatoms. The zero-order valence-corrected chi connectivity index (χ0v) is 20.3. The fourth-order valence-electron chi connectivity index (χ4n) is 3.56. The van der Waals surface area contributed by atoms with Gasteiger partial charge in [-0.15, -0.1) is 11.8 Å². The number of nitrogens with zero attached hydrogens (tertiary/aromatic N) is 5. The van der Waals surface area contributed by atoms with Crippen molar-refractivity contribution < 1.29 is 33.6 Å². The Kier molecular flexibility index (Phi) is 7.16. The van der Waals surface area contributed by atoms with Gasteiger partial charge in [0.15, 0.2) is 24.1 Å². The first-order valence-corrected chi connectivity index (χ1v) is 12.2. The molecule has 0 saturated carbocycles. The van der Waals surface area contributed by atoms with Gasteiger partial charge in [0.1, 0.15) is 29.5 Å². The van der Waals surface area contributed by atoms with Crippen LogP contribution in [0.1, 0.15) is 12.7 Å². The summed E-state index contributed by atoms with van der Waals surface area (Å²) in [5, 5.41) is 15.8. The van der Waals surface area contributed by atoms with Crippen LogP contribution in [0.5, 0.6) is 5.75 Å². The number of hydrogen-bond donors (Lipinski definition) is 3. The predicted molar refractivity (Wildman–Crippen MR) is 125 cm³/mol. The quantitative estimate of drug-likeness (QED) is 0.171. The molecule has 0 aliphatic carbocycles. The first kappa shape index (κ1) is 24.4. The summed E-state index contributed by atoms with van der Waals surface area (Å²) in [5.41, 5.74) is 5.88. The topological polar surface area (TPSA) is 173 Å². The van der Waals surface area contributed by atoms with E-state index in [-0.39, 0.29) is 35.5 Å². The van der Waals surface area contributed by atoms with E-state index in [4.69, 9.17) is 15.3 Å². The highest BCUT2D eigenvalue weighted by Gasteiger charge is 2.54. The lowest BCUT2D eigenvalue weighted by molar-refractivity contribution is -0.689. The second-order valence-corrected chi connectivity index (χ2v) is 9.23. The molecular formula is C20H22N7O6S2+. The number of pyridine rings is 1. The minimum atomic E-state index is -1.21. The van der Waals surface area contributed by atoms with Gasteiger partial charge in [-0.25, -0.2) is 9.36 Å². The summed E-state index contributed by atoms with van der Waals surface area (Å²) in [6, 6.07) is 2.57. The molecule has 0 aromatic carbocycles. The molecule has 2 atom stereocenters. The molecule has 4 N–H and O–H groups in total. The van der Waals surface area contributed by atoms with Crippen LogP contribution in [0.2, 0.25) is 0 Å². The molecule has 1 unspecified atom stereocenters. The summed E-state index contributed by atoms with van der Waals surface area (Å²) in [6.45, 7) is 2.18. The van der Waals surface area contributed by atoms with E-state index in [1.165, 1.54) is 16.7 Å². The number of hydrogen-bond acceptors (Lipinski definition) is 11. The fourth-order valence-corrected chi connectivity index (χ4v) is 5.33. The smallest absolute Gasteiger partial charge is 0.352 e. The monoisotopic (exact) mass is 520 g/mol. The summed E-state index contributed by atoms with van der Waals surface area (Å²) >= 11 is 2.25. The number of anilines is 1. The van der Waals surface area contributed by atoms with Crippen molar-refractivity contribution in [3.63, 3.8) is 0 Å². The van der Waals surface area contributed by atoms with Gasteiger partial charge >= 0.3 is 5.97 Å². The number of thioether (sulfide) groups is 1. The molecule has 0 bridgehead atoms. The van der Waals surface area contributed by atoms with Gasteiger partial charge in [0.2, 0.25) is 11.5 Å². The minimum absolute atomic E-state index is 0.0247. The van der Waals surface area contributed by atoms with Gasteiger partial charge in [0.25, 0.3) is 11.8 Å². The van der Waals surface area contributed by atoms with Crippen molar-refractivity contribution in [3.8, 4) is 5.75 Å². The highest BCUT2D eigenvalue weighted by molar-refractivity contribution is 8.00. The molecule has 2 aromatic heterocycles. The summed E-state index contributed by atoms with van der Waals surface area (Å²) in [5.74, 6) is -1.46. The van der Waals surface area contributed by atoms with Crippen LogP contribution >= 0.6 is 23.3 Å². The third kappa shape index (κ3) is 4.90. The van der Waals surface area contributed by atoms with Crippen LogP contribution in [0.4, 0.5) is 5.13 Å². The lowest BCUT2D eigenvalue weighted by Gasteiger charge is -2.49. The number of ether oxygens (including phenoxy) is 1. The van der Waals surface area contributed by atoms with Gasteiger partial charge in [0, 0.05) is 35.0 Å². The molecule has 2 aliphatic rings. The number of nitrogens with two attached hydrogens (primary N) is 1. The molecule has 2 aromatic rings. The Morgan fingerprint density at radius 3 is 2.74 bits per heavy atom. The third-order valence-electron chi connectivity index (χ3n) is 5.16. The number of carbonyl (C=O) groups is 3. The summed E-state index contributed by atoms with van der Waals surface area (Å²) in [7, 11) is 1.56. The van der Waals surface area contributed by atoms with E-state index >= 15 is 0 Å². The number of fused-ring (bicyclic) bond motifs is 1. The molecule has 4 rings (SSSR count). The van der Waals surface area contributed by atoms with Crippen molar-refractivity contribution in [1.82, 2.24) is 19.6 Å². The van der Waals surface area contributed by atoms with Gasteiger partial charge in [-0.05, 0) is 6.92 Å². The number of carbonyl (C=O) groups excluding carboxylic acids is 2. The molecule has 184 valence electrons. The maximum absolute atomic E-state index is 13.0. The Hall–Kier alpha value is -3.72. The number of amides is 2. The summed E-state index contributed by atoms with van der Waals surface area (Å²) in [6.07, 6.45) is 3.53. The second kappa shape index (κ2) is 10.3. The van der Waals surface area contributed by atoms with Crippen LogP contribution in [-0.2, 0) is 25.8 Å². The zero-order chi connectivity index (χ0) is 25.1. The molecule has 2 amide bonds. The molecule has 4 heterocycles. The second-order valence-electron chi connectivity index (χ2n) is 7.34. The van der Waals surface area contributed by atoms with E-state index < -0.39 is 29.2 Å². The van der Waals surface area contributed by atoms with Crippen molar-refractivity contribution in [3.05, 3.63) is 41.6 Å². The van der Waals surface area contributed by atoms with Gasteiger partial charge in [0.05, 0.1) is 7.11 Å². The molecule has 1 saturated heterocycles. The van der Waals surface area contributed by atoms with Crippen LogP contribution in [0.25, 0.3) is 0 Å². The molecule has 2 aliphatic heterocycles. The Bertz CT molecular complexity index is 1210. The standard InChI is InChI=1S/C20H21N7O6S2/c1-3-33-24-12(15-23-20(21)35-25-15)16(28)22-13-17(29)27-14(19(30)31)10(9-34-18(13)27)8-26-6-4-11(32-2)5-7-26/h4-7,13,18H,3,8-9H2,1-2H3,(H3-,21,22,23,25,28,30,31)/p+1/t13?,18-/m0/s1. The first-order valence-electron chi connectivity index (χ1n) is 10.4. The Morgan fingerprint density at radius 2 is 2.14 bits per heavy atom. The van der Waals surface area contributed by atoms with Crippen molar-refractivity contribution >= 4 is 51.9 Å². The highest BCUT2D eigenvalue weighted by Crippen LogP contribution is 2.40. The van der Waals surface area contributed by atoms with Crippen LogP contribution in [-0.4, -0.2) is 73.7 Å². The molecule has 0 radical (unpaired) electrons. The molecule has 0 spiro atoms. The van der Waals surface area contributed by atoms with Crippen molar-refractivity contribution in [2.45, 2.75) is 24.9 Å². The normalized spacial score (nSPS) is 19.7. The zero-order valence-electron chi connectivity index (χ0n) is 18.7. The van der Waals surface area contributed by atoms with Crippen LogP contribution in [0.15, 0.2) is 41.0 Å². The molecular weight excluding hydrogens is 498 g/mol. The number of carboxylic acids is 1. The molecule has 1 fully saturated rings. The summed E-state index contributed by atoms with van der Waals surface area (Å²) < 4.78 is 10.9. The lowest BCUT2D eigenvalue weighted by Crippen LogP contribution is -2.71. The van der Waals surface area contributed by atoms with E-state index in [9.17, 15) is 19.5 Å². The number of β-lactam (4-membered cyclic amide) rings is 1. The fraction of sp³-hybridized carbons (Fsp3) is 0.350. The summed E-state index contributed by atoms with van der Waals surface area (Å²) in [4.78, 5) is 48.1. The van der Waals surface area contributed by atoms with Crippen molar-refractivity contribution in [2.24, 2.45) is 5.16 Å². The van der Waals surface area contributed by atoms with Crippen molar-refractivity contribution in [2.75, 3.05) is 25.2 Å². The van der Waals surface area contributed by atoms with Gasteiger partial charge in [-0.2, -0.15) is 9.36 Å². The minimum Gasteiger partial charge on any atom is -0.496 e. The van der Waals surface area contributed by atoms with E-state index in [1.54, 1.807) is 43.1 Å². The number of aliphatic carboxylic acids is 1. The van der Waals surface area contributed by atoms with E-state index in [2.05, 4.69) is 19.8 Å². The van der Waals surface area contributed by atoms with E-state index in [1.807, 2.05) is 0 Å². The van der Waals surface area contributed by atoms with Crippen molar-refractivity contribution in [1.29, 1.82) is 0 Å². The Labute approximate surface area is 207 Å². The van der Waals surface area contributed by atoms with Crippen LogP contribution in [0.3, 0.4) is 0 Å². The average Bonchev–Trinajstić information content (AvgIpc) is 3.28. The van der Waals surface area contributed by atoms with E-state index in [0.717, 1.165) is 11.5 Å². The number of rotatable bonds is 9. The number of aromatic nitrogens is 3. The van der Waals surface area contributed by atoms with Gasteiger partial charge in [-0.3, -0.25) is 14.5 Å². The Balaban J connectivity index is 1.52. The molecule has 35 heavy (non-hydrogen) atoms. The van der Waals surface area contributed by atoms with Gasteiger partial charge in [-0.1, -0.05) is 5.16 Å². The number of oxime groups is 1. The Morgan fingerprint density at radius 1 is 1.40 bits per heavy atom. The largest absolute Gasteiger partial charge is 0.496 e. The van der Waals surface area contributed by atoms with E-state index in [0.29, 0.717) is 17.1 Å².